The molecule has 0 saturated heterocycles. The lowest BCUT2D eigenvalue weighted by molar-refractivity contribution is 0.670. The monoisotopic (exact) mass is 1730 g/mol. The molecule has 26 aromatic carbocycles. The molecule has 4 heterocycles. The molecule has 4 heteroatoms. The molecule has 0 aliphatic heterocycles. The summed E-state index contributed by atoms with van der Waals surface area (Å²) in [5.41, 5.74) is 24.4. The third-order valence-electron chi connectivity index (χ3n) is 28.7. The minimum Gasteiger partial charge on any atom is -0.455 e. The fourth-order valence-corrected chi connectivity index (χ4v) is 22.9. The average Bonchev–Trinajstić information content (AvgIpc) is 1.68. The SMILES string of the molecule is c1ccc(-c2c3ccccc3c(-c3ccc4c(c3)oc3c5ccccc5c5ccccc5c43)c3ccccc23)cc1.c1ccc(-c2ccc(-c3c4ccccc4c(-c4ccc5oc6c7ccccc7c7ccccc7c6c5c4)c4ccccc34)cc2)cc1.c1ccc2c(c1)oc1c(-c3c4ccccc4c(-c4ccc5oc6c7ccccc7c7ccccc7c6c5c4)c4ccccc34)cccc12. The molecule has 30 aromatic rings. The highest BCUT2D eigenvalue weighted by atomic mass is 16.3. The third-order valence-corrected chi connectivity index (χ3v) is 28.7. The molecule has 4 nitrogen and oxygen atoms in total. The highest BCUT2D eigenvalue weighted by Gasteiger charge is 2.27. The normalized spacial score (nSPS) is 12.0. The van der Waals surface area contributed by atoms with Crippen molar-refractivity contribution in [1.82, 2.24) is 0 Å². The lowest BCUT2D eigenvalue weighted by Crippen LogP contribution is -1.91. The van der Waals surface area contributed by atoms with Crippen LogP contribution < -0.4 is 0 Å². The third kappa shape index (κ3) is 11.8. The van der Waals surface area contributed by atoms with E-state index < -0.39 is 0 Å². The molecule has 0 unspecified atom stereocenters. The van der Waals surface area contributed by atoms with Crippen molar-refractivity contribution in [1.29, 1.82) is 0 Å². The van der Waals surface area contributed by atoms with Crippen LogP contribution in [0.1, 0.15) is 0 Å². The standard InChI is InChI=1S/C46H26O2.C46H28O.C40H24O/c1-3-15-31-28(12-1)29-13-2-8-20-36(29)46-44(31)39-26-27(24-25-41(39)48-46)42-32-16-4-6-18-34(32)43(35-19-7-5-17-33(35)42)38-22-11-21-37-30-14-9-10-23-40(30)47-45(37)38;1-2-12-29(13-3-1)30-22-24-31(25-23-30)43-36-17-7-9-19-38(36)44(39-20-10-8-18-37(39)43)32-26-27-42-41(28-32)45-35-16-6-4-14-33(35)34-15-5-11-21-40(34)46(45)47-42;1-2-12-25(13-3-1)37-30-17-7-9-19-32(30)38(33-20-10-8-18-31(33)37)26-22-23-35-36(24-26)41-40-34-21-11-5-15-28(34)27-14-4-6-16-29(27)39(35)40/h1-26H;1-28H;1-24H. The summed E-state index contributed by atoms with van der Waals surface area (Å²) in [6.07, 6.45) is 0. The van der Waals surface area contributed by atoms with Crippen molar-refractivity contribution in [2.75, 3.05) is 0 Å². The van der Waals surface area contributed by atoms with Gasteiger partial charge in [-0.15, -0.1) is 0 Å². The van der Waals surface area contributed by atoms with Crippen molar-refractivity contribution in [2.45, 2.75) is 0 Å². The number of benzene rings is 26. The van der Waals surface area contributed by atoms with Crippen LogP contribution in [0.2, 0.25) is 0 Å². The molecular formula is C132H78O4. The van der Waals surface area contributed by atoms with Crippen LogP contribution in [0.15, 0.2) is 491 Å². The van der Waals surface area contributed by atoms with Gasteiger partial charge in [-0.25, -0.2) is 0 Å². The molecule has 0 N–H and O–H groups in total. The molecule has 136 heavy (non-hydrogen) atoms. The molecule has 0 aliphatic rings. The zero-order chi connectivity index (χ0) is 89.2. The molecule has 0 amide bonds. The minimum atomic E-state index is 0.900. The number of para-hydroxylation sites is 2. The zero-order valence-electron chi connectivity index (χ0n) is 73.7. The van der Waals surface area contributed by atoms with Gasteiger partial charge in [0, 0.05) is 70.4 Å². The van der Waals surface area contributed by atoms with E-state index in [-0.39, 0.29) is 0 Å². The van der Waals surface area contributed by atoms with Gasteiger partial charge in [-0.1, -0.05) is 431 Å². The van der Waals surface area contributed by atoms with Gasteiger partial charge in [0.2, 0.25) is 0 Å². The molecule has 4 aromatic heterocycles. The lowest BCUT2D eigenvalue weighted by Gasteiger charge is -2.18. The molecule has 0 saturated carbocycles. The van der Waals surface area contributed by atoms with Gasteiger partial charge in [0.15, 0.2) is 0 Å². The number of hydrogen-bond donors (Lipinski definition) is 0. The molecular weight excluding hydrogens is 1650 g/mol. The van der Waals surface area contributed by atoms with E-state index in [9.17, 15) is 0 Å². The summed E-state index contributed by atoms with van der Waals surface area (Å²) in [6, 6.07) is 170. The first-order chi connectivity index (χ1) is 67.5. The van der Waals surface area contributed by atoms with E-state index >= 15 is 0 Å². The van der Waals surface area contributed by atoms with Crippen molar-refractivity contribution in [3.8, 4) is 77.9 Å². The van der Waals surface area contributed by atoms with Crippen LogP contribution in [0.4, 0.5) is 0 Å². The number of rotatable bonds is 7. The van der Waals surface area contributed by atoms with Gasteiger partial charge in [-0.2, -0.15) is 0 Å². The van der Waals surface area contributed by atoms with Gasteiger partial charge >= 0.3 is 0 Å². The van der Waals surface area contributed by atoms with Crippen molar-refractivity contribution >= 4 is 217 Å². The summed E-state index contributed by atoms with van der Waals surface area (Å²) in [5, 5.41) is 38.6. The van der Waals surface area contributed by atoms with Crippen LogP contribution in [0.5, 0.6) is 0 Å². The fraction of sp³-hybridized carbons (Fsp3) is 0. The topological polar surface area (TPSA) is 52.6 Å². The number of furan rings is 4. The maximum atomic E-state index is 6.75. The number of hydrogen-bond acceptors (Lipinski definition) is 4. The molecule has 30 rings (SSSR count). The minimum absolute atomic E-state index is 0.900. The van der Waals surface area contributed by atoms with Crippen molar-refractivity contribution in [2.24, 2.45) is 0 Å². The van der Waals surface area contributed by atoms with Crippen molar-refractivity contribution in [3.63, 3.8) is 0 Å². The van der Waals surface area contributed by atoms with E-state index in [1.807, 2.05) is 6.07 Å². The second kappa shape index (κ2) is 30.8. The van der Waals surface area contributed by atoms with Crippen LogP contribution >= 0.6 is 0 Å². The first-order valence-corrected chi connectivity index (χ1v) is 46.7. The Labute approximate surface area is 780 Å². The molecule has 0 spiro atoms. The smallest absolute Gasteiger partial charge is 0.143 e. The van der Waals surface area contributed by atoms with Gasteiger partial charge in [-0.3, -0.25) is 0 Å². The number of fused-ring (bicyclic) bond motifs is 33. The van der Waals surface area contributed by atoms with Gasteiger partial charge in [0.25, 0.3) is 0 Å². The van der Waals surface area contributed by atoms with Crippen LogP contribution in [-0.4, -0.2) is 0 Å². The van der Waals surface area contributed by atoms with Gasteiger partial charge in [0.05, 0.1) is 0 Å². The summed E-state index contributed by atoms with van der Waals surface area (Å²) in [6.45, 7) is 0. The Balaban J connectivity index is 0.000000101. The van der Waals surface area contributed by atoms with Crippen molar-refractivity contribution < 1.29 is 17.7 Å². The second-order valence-electron chi connectivity index (χ2n) is 35.9. The van der Waals surface area contributed by atoms with Gasteiger partial charge in [0.1, 0.15) is 44.7 Å². The van der Waals surface area contributed by atoms with E-state index in [1.54, 1.807) is 0 Å². The lowest BCUT2D eigenvalue weighted by atomic mass is 9.85. The van der Waals surface area contributed by atoms with Crippen molar-refractivity contribution in [3.05, 3.63) is 473 Å². The van der Waals surface area contributed by atoms with Crippen LogP contribution in [0.25, 0.3) is 295 Å². The van der Waals surface area contributed by atoms with Gasteiger partial charge < -0.3 is 17.7 Å². The Bertz CT molecular complexity index is 10100. The predicted octanol–water partition coefficient (Wildman–Crippen LogP) is 38.2. The summed E-state index contributed by atoms with van der Waals surface area (Å²) in [5.74, 6) is 0. The predicted molar refractivity (Wildman–Crippen MR) is 577 cm³/mol. The molecule has 630 valence electrons. The van der Waals surface area contributed by atoms with E-state index in [4.69, 9.17) is 17.7 Å². The maximum Gasteiger partial charge on any atom is 0.143 e. The Morgan fingerprint density at radius 1 is 0.103 bits per heavy atom. The second-order valence-corrected chi connectivity index (χ2v) is 35.9. The van der Waals surface area contributed by atoms with Gasteiger partial charge in [-0.05, 0) is 222 Å². The van der Waals surface area contributed by atoms with E-state index in [2.05, 4.69) is 467 Å². The summed E-state index contributed by atoms with van der Waals surface area (Å²) in [7, 11) is 0. The summed E-state index contributed by atoms with van der Waals surface area (Å²) in [4.78, 5) is 0. The van der Waals surface area contributed by atoms with Crippen LogP contribution in [-0.2, 0) is 0 Å². The Morgan fingerprint density at radius 2 is 0.331 bits per heavy atom. The molecule has 0 radical (unpaired) electrons. The first kappa shape index (κ1) is 76.9. The molecule has 0 aliphatic carbocycles. The Morgan fingerprint density at radius 3 is 0.721 bits per heavy atom. The molecule has 0 atom stereocenters. The highest BCUT2D eigenvalue weighted by Crippen LogP contribution is 2.54. The Kier molecular flexibility index (Phi) is 17.4. The van der Waals surface area contributed by atoms with E-state index in [0.717, 1.165) is 98.9 Å². The summed E-state index contributed by atoms with van der Waals surface area (Å²) < 4.78 is 26.7. The van der Waals surface area contributed by atoms with E-state index in [0.29, 0.717) is 0 Å². The van der Waals surface area contributed by atoms with Crippen LogP contribution in [0, 0.1) is 0 Å². The fourth-order valence-electron chi connectivity index (χ4n) is 22.9. The average molecular weight is 1730 g/mol. The summed E-state index contributed by atoms with van der Waals surface area (Å²) >= 11 is 0. The zero-order valence-corrected chi connectivity index (χ0v) is 73.7. The largest absolute Gasteiger partial charge is 0.455 e. The first-order valence-electron chi connectivity index (χ1n) is 46.7. The Hall–Kier alpha value is -18.0. The quantitative estimate of drug-likeness (QED) is 0.118. The maximum absolute atomic E-state index is 6.75. The molecule has 0 fully saturated rings. The highest BCUT2D eigenvalue weighted by molar-refractivity contribution is 6.35. The van der Waals surface area contributed by atoms with E-state index in [1.165, 1.54) is 196 Å². The van der Waals surface area contributed by atoms with Crippen LogP contribution in [0.3, 0.4) is 0 Å². The molecule has 0 bridgehead atoms.